The van der Waals surface area contributed by atoms with Crippen molar-refractivity contribution < 1.29 is 29.0 Å². The van der Waals surface area contributed by atoms with E-state index in [-0.39, 0.29) is 27.9 Å². The summed E-state index contributed by atoms with van der Waals surface area (Å²) in [4.78, 5) is 49.0. The molecule has 0 aliphatic carbocycles. The van der Waals surface area contributed by atoms with Crippen molar-refractivity contribution in [1.29, 1.82) is 0 Å². The largest absolute Gasteiger partial charge is 0.507 e. The molecule has 0 radical (unpaired) electrons. The molecule has 0 spiro atoms. The number of ether oxygens (including phenoxy) is 2. The fraction of sp³-hybridized carbons (Fsp3) is 0.296. The Kier molecular flexibility index (Phi) is 7.98. The molecule has 4 rings (SSSR count). The number of rotatable bonds is 9. The number of aromatic nitrogens is 2. The summed E-state index contributed by atoms with van der Waals surface area (Å²) in [6.07, 6.45) is 4.93. The van der Waals surface area contributed by atoms with Crippen molar-refractivity contribution in [3.05, 3.63) is 76.1 Å². The van der Waals surface area contributed by atoms with Gasteiger partial charge in [-0.05, 0) is 50.1 Å². The molecule has 1 amide bonds. The van der Waals surface area contributed by atoms with Gasteiger partial charge in [0.15, 0.2) is 5.13 Å². The Morgan fingerprint density at radius 3 is 2.62 bits per heavy atom. The van der Waals surface area contributed by atoms with E-state index in [1.54, 1.807) is 50.2 Å². The predicted molar refractivity (Wildman–Crippen MR) is 139 cm³/mol. The number of pyridine rings is 1. The minimum atomic E-state index is -0.978. The second-order valence-corrected chi connectivity index (χ2v) is 9.29. The van der Waals surface area contributed by atoms with Gasteiger partial charge in [-0.2, -0.15) is 0 Å². The standard InChI is InChI=1S/C27H27N3O6S/c1-4-6-14-36-19-9-7-8-18(15-19)22(31)20-21(17-10-12-28-13-11-17)30(25(33)23(20)32)27-29-16(3)24(37-27)26(34)35-5-2/h7-13,15,21,31H,4-6,14H2,1-3H3. The van der Waals surface area contributed by atoms with Crippen LogP contribution < -0.4 is 9.64 Å². The van der Waals surface area contributed by atoms with Crippen LogP contribution in [0.5, 0.6) is 5.75 Å². The lowest BCUT2D eigenvalue weighted by atomic mass is 9.96. The summed E-state index contributed by atoms with van der Waals surface area (Å²) in [6, 6.07) is 9.10. The number of esters is 1. The van der Waals surface area contributed by atoms with Crippen LogP contribution in [0.4, 0.5) is 5.13 Å². The third-order valence-electron chi connectivity index (χ3n) is 5.79. The topological polar surface area (TPSA) is 119 Å². The molecule has 1 aliphatic heterocycles. The number of carbonyl (C=O) groups is 3. The van der Waals surface area contributed by atoms with E-state index in [9.17, 15) is 19.5 Å². The number of unbranched alkanes of at least 4 members (excludes halogenated alkanes) is 1. The molecule has 1 aromatic carbocycles. The van der Waals surface area contributed by atoms with Crippen molar-refractivity contribution in [2.45, 2.75) is 39.7 Å². The number of hydrogen-bond acceptors (Lipinski definition) is 9. The van der Waals surface area contributed by atoms with Gasteiger partial charge >= 0.3 is 11.9 Å². The first-order chi connectivity index (χ1) is 17.9. The maximum absolute atomic E-state index is 13.3. The number of amides is 1. The molecule has 192 valence electrons. The van der Waals surface area contributed by atoms with Crippen molar-refractivity contribution >= 4 is 39.9 Å². The molecular weight excluding hydrogens is 494 g/mol. The van der Waals surface area contributed by atoms with Gasteiger partial charge in [-0.1, -0.05) is 36.8 Å². The van der Waals surface area contributed by atoms with Crippen LogP contribution in [0.3, 0.4) is 0 Å². The Bertz CT molecular complexity index is 1350. The van der Waals surface area contributed by atoms with Crippen molar-refractivity contribution in [3.63, 3.8) is 0 Å². The average molecular weight is 522 g/mol. The monoisotopic (exact) mass is 521 g/mol. The van der Waals surface area contributed by atoms with E-state index in [2.05, 4.69) is 16.9 Å². The fourth-order valence-corrected chi connectivity index (χ4v) is 4.97. The summed E-state index contributed by atoms with van der Waals surface area (Å²) in [7, 11) is 0. The van der Waals surface area contributed by atoms with Crippen LogP contribution >= 0.6 is 11.3 Å². The van der Waals surface area contributed by atoms with Gasteiger partial charge in [0.25, 0.3) is 5.78 Å². The normalized spacial score (nSPS) is 16.7. The molecule has 1 atom stereocenters. The van der Waals surface area contributed by atoms with Crippen LogP contribution in [0.25, 0.3) is 5.76 Å². The van der Waals surface area contributed by atoms with Gasteiger partial charge in [0.1, 0.15) is 16.4 Å². The highest BCUT2D eigenvalue weighted by Gasteiger charge is 2.48. The number of aliphatic hydroxyl groups is 1. The van der Waals surface area contributed by atoms with Crippen molar-refractivity contribution in [2.24, 2.45) is 0 Å². The molecule has 10 heteroatoms. The van der Waals surface area contributed by atoms with Crippen LogP contribution in [-0.4, -0.2) is 45.9 Å². The Morgan fingerprint density at radius 2 is 1.92 bits per heavy atom. The Labute approximate surface area is 218 Å². The summed E-state index contributed by atoms with van der Waals surface area (Å²) in [5.41, 5.74) is 1.18. The Balaban J connectivity index is 1.82. The number of benzene rings is 1. The number of carbonyl (C=O) groups excluding carboxylic acids is 3. The first kappa shape index (κ1) is 26.0. The number of hydrogen-bond donors (Lipinski definition) is 1. The van der Waals surface area contributed by atoms with E-state index in [1.807, 2.05) is 0 Å². The molecule has 3 heterocycles. The number of thiazole rings is 1. The van der Waals surface area contributed by atoms with Crippen molar-refractivity contribution in [2.75, 3.05) is 18.1 Å². The number of ketones is 1. The molecule has 1 fully saturated rings. The predicted octanol–water partition coefficient (Wildman–Crippen LogP) is 4.83. The summed E-state index contributed by atoms with van der Waals surface area (Å²) in [5, 5.41) is 11.5. The molecule has 0 bridgehead atoms. The highest BCUT2D eigenvalue weighted by Crippen LogP contribution is 2.44. The smallest absolute Gasteiger partial charge is 0.350 e. The van der Waals surface area contributed by atoms with Gasteiger partial charge in [0.2, 0.25) is 0 Å². The zero-order valence-electron chi connectivity index (χ0n) is 20.8. The van der Waals surface area contributed by atoms with Crippen LogP contribution in [-0.2, 0) is 14.3 Å². The number of nitrogens with zero attached hydrogens (tertiary/aromatic N) is 3. The van der Waals surface area contributed by atoms with Crippen LogP contribution in [0.2, 0.25) is 0 Å². The maximum atomic E-state index is 13.3. The summed E-state index contributed by atoms with van der Waals surface area (Å²) >= 11 is 0.960. The number of aryl methyl sites for hydroxylation is 1. The summed E-state index contributed by atoms with van der Waals surface area (Å²) < 4.78 is 10.9. The molecule has 2 aromatic heterocycles. The third kappa shape index (κ3) is 5.24. The summed E-state index contributed by atoms with van der Waals surface area (Å²) in [6.45, 7) is 6.10. The molecule has 1 saturated heterocycles. The SMILES string of the molecule is CCCCOc1cccc(C(O)=C2C(=O)C(=O)N(c3nc(C)c(C(=O)OCC)s3)C2c2ccncc2)c1. The molecule has 1 unspecified atom stereocenters. The first-order valence-corrected chi connectivity index (χ1v) is 12.8. The van der Waals surface area contributed by atoms with Gasteiger partial charge in [0, 0.05) is 18.0 Å². The quantitative estimate of drug-likeness (QED) is 0.140. The third-order valence-corrected chi connectivity index (χ3v) is 6.93. The van der Waals surface area contributed by atoms with E-state index in [0.29, 0.717) is 29.2 Å². The number of anilines is 1. The van der Waals surface area contributed by atoms with Crippen LogP contribution in [0.1, 0.15) is 59.2 Å². The van der Waals surface area contributed by atoms with Crippen LogP contribution in [0.15, 0.2) is 54.4 Å². The minimum absolute atomic E-state index is 0.0903. The van der Waals surface area contributed by atoms with Gasteiger partial charge in [-0.15, -0.1) is 0 Å². The van der Waals surface area contributed by atoms with Gasteiger partial charge in [-0.3, -0.25) is 19.5 Å². The average Bonchev–Trinajstić information content (AvgIpc) is 3.41. The molecule has 0 saturated carbocycles. The molecule has 1 aliphatic rings. The Morgan fingerprint density at radius 1 is 1.16 bits per heavy atom. The first-order valence-electron chi connectivity index (χ1n) is 12.0. The van der Waals surface area contributed by atoms with E-state index in [1.165, 1.54) is 17.3 Å². The highest BCUT2D eigenvalue weighted by atomic mass is 32.1. The minimum Gasteiger partial charge on any atom is -0.507 e. The fourth-order valence-electron chi connectivity index (χ4n) is 3.99. The van der Waals surface area contributed by atoms with E-state index in [0.717, 1.165) is 24.2 Å². The second-order valence-electron chi connectivity index (χ2n) is 8.31. The van der Waals surface area contributed by atoms with Crippen LogP contribution in [0, 0.1) is 6.92 Å². The zero-order valence-corrected chi connectivity index (χ0v) is 21.6. The van der Waals surface area contributed by atoms with Gasteiger partial charge in [0.05, 0.1) is 30.5 Å². The van der Waals surface area contributed by atoms with E-state index < -0.39 is 23.7 Å². The Hall–Kier alpha value is -4.05. The molecular formula is C27H27N3O6S. The van der Waals surface area contributed by atoms with Gasteiger partial charge < -0.3 is 14.6 Å². The lowest BCUT2D eigenvalue weighted by Gasteiger charge is -2.22. The lowest BCUT2D eigenvalue weighted by Crippen LogP contribution is -2.29. The van der Waals surface area contributed by atoms with Crippen molar-refractivity contribution in [1.82, 2.24) is 9.97 Å². The second kappa shape index (κ2) is 11.3. The molecule has 3 aromatic rings. The van der Waals surface area contributed by atoms with E-state index in [4.69, 9.17) is 9.47 Å². The summed E-state index contributed by atoms with van der Waals surface area (Å²) in [5.74, 6) is -2.06. The number of aliphatic hydroxyl groups excluding tert-OH is 1. The molecule has 9 nitrogen and oxygen atoms in total. The lowest BCUT2D eigenvalue weighted by molar-refractivity contribution is -0.132. The van der Waals surface area contributed by atoms with E-state index >= 15 is 0 Å². The van der Waals surface area contributed by atoms with Gasteiger partial charge in [-0.25, -0.2) is 9.78 Å². The molecule has 1 N–H and O–H groups in total. The van der Waals surface area contributed by atoms with Crippen molar-refractivity contribution in [3.8, 4) is 5.75 Å². The maximum Gasteiger partial charge on any atom is 0.350 e. The molecule has 37 heavy (non-hydrogen) atoms. The highest BCUT2D eigenvalue weighted by molar-refractivity contribution is 7.17. The number of Topliss-reactive ketones (excluding diaryl/α,β-unsaturated/α-hetero) is 1. The zero-order chi connectivity index (χ0) is 26.5.